The van der Waals surface area contributed by atoms with Crippen LogP contribution in [0, 0.1) is 0 Å². The number of anilines is 1. The van der Waals surface area contributed by atoms with Gasteiger partial charge >= 0.3 is 6.03 Å². The van der Waals surface area contributed by atoms with Gasteiger partial charge in [-0.3, -0.25) is 4.90 Å². The molecule has 1 aromatic carbocycles. The monoisotopic (exact) mass is 385 g/mol. The number of ether oxygens (including phenoxy) is 2. The Morgan fingerprint density at radius 2 is 1.89 bits per heavy atom. The smallest absolute Gasteiger partial charge is 0.319 e. The number of carbonyl (C=O) groups is 1. The molecule has 6 heteroatoms. The lowest BCUT2D eigenvalue weighted by atomic mass is 9.98. The summed E-state index contributed by atoms with van der Waals surface area (Å²) in [6, 6.07) is 5.53. The number of urea groups is 1. The van der Waals surface area contributed by atoms with Crippen LogP contribution in [0.2, 0.25) is 0 Å². The van der Waals surface area contributed by atoms with Crippen molar-refractivity contribution in [2.24, 2.45) is 0 Å². The van der Waals surface area contributed by atoms with Crippen molar-refractivity contribution >= 4 is 11.7 Å². The zero-order chi connectivity index (χ0) is 19.2. The Morgan fingerprint density at radius 1 is 1.07 bits per heavy atom. The lowest BCUT2D eigenvalue weighted by Gasteiger charge is -2.33. The van der Waals surface area contributed by atoms with Crippen molar-refractivity contribution in [1.29, 1.82) is 0 Å². The van der Waals surface area contributed by atoms with Crippen molar-refractivity contribution in [2.45, 2.75) is 57.4 Å². The molecule has 2 aliphatic heterocycles. The molecule has 2 heterocycles. The molecule has 0 bridgehead atoms. The van der Waals surface area contributed by atoms with Gasteiger partial charge in [0, 0.05) is 37.4 Å². The molecule has 152 valence electrons. The Kier molecular flexibility index (Phi) is 6.37. The fraction of sp³-hybridized carbons (Fsp3) is 0.591. The Hall–Kier alpha value is -2.21. The van der Waals surface area contributed by atoms with E-state index in [4.69, 9.17) is 9.47 Å². The highest BCUT2D eigenvalue weighted by Crippen LogP contribution is 2.34. The van der Waals surface area contributed by atoms with Gasteiger partial charge in [-0.25, -0.2) is 4.79 Å². The summed E-state index contributed by atoms with van der Waals surface area (Å²) in [5.74, 6) is 1.40. The number of carbonyl (C=O) groups excluding carboxylic acids is 1. The van der Waals surface area contributed by atoms with Crippen LogP contribution in [0.4, 0.5) is 10.5 Å². The average Bonchev–Trinajstić information content (AvgIpc) is 3.13. The second kappa shape index (κ2) is 9.32. The lowest BCUT2D eigenvalue weighted by Crippen LogP contribution is -2.46. The molecule has 0 saturated carbocycles. The zero-order valence-electron chi connectivity index (χ0n) is 16.5. The standard InChI is InChI=1S/C22H31N3O3/c26-22(24-19-8-9-20-21(14-19)28-16-27-20)23-18-10-12-25(13-11-18)15-17-6-4-2-1-3-5-7-17/h6,8-9,14,18H,1-5,7,10-13,15-16H2,(H2,23,24,26)/b17-6+. The minimum absolute atomic E-state index is 0.153. The fourth-order valence-electron chi connectivity index (χ4n) is 4.25. The number of allylic oxidation sites excluding steroid dienone is 1. The maximum atomic E-state index is 12.3. The number of hydrogen-bond donors (Lipinski definition) is 2. The number of fused-ring (bicyclic) bond motifs is 1. The molecule has 6 nitrogen and oxygen atoms in total. The molecule has 0 radical (unpaired) electrons. The summed E-state index contributed by atoms with van der Waals surface area (Å²) in [7, 11) is 0. The maximum absolute atomic E-state index is 12.3. The highest BCUT2D eigenvalue weighted by Gasteiger charge is 2.22. The van der Waals surface area contributed by atoms with E-state index in [0.29, 0.717) is 5.75 Å². The normalized spacial score (nSPS) is 22.6. The van der Waals surface area contributed by atoms with E-state index in [1.807, 2.05) is 12.1 Å². The van der Waals surface area contributed by atoms with Gasteiger partial charge in [-0.05, 0) is 50.7 Å². The Balaban J connectivity index is 1.20. The van der Waals surface area contributed by atoms with E-state index in [2.05, 4.69) is 21.6 Å². The first-order valence-electron chi connectivity index (χ1n) is 10.6. The largest absolute Gasteiger partial charge is 0.454 e. The van der Waals surface area contributed by atoms with Crippen molar-refractivity contribution in [1.82, 2.24) is 10.2 Å². The molecule has 2 amide bonds. The van der Waals surface area contributed by atoms with Crippen LogP contribution in [-0.4, -0.2) is 43.4 Å². The first-order chi connectivity index (χ1) is 13.8. The average molecular weight is 386 g/mol. The van der Waals surface area contributed by atoms with Gasteiger partial charge < -0.3 is 20.1 Å². The minimum atomic E-state index is -0.153. The maximum Gasteiger partial charge on any atom is 0.319 e. The summed E-state index contributed by atoms with van der Waals surface area (Å²) in [5, 5.41) is 6.01. The number of nitrogens with one attached hydrogen (secondary N) is 2. The number of amides is 2. The zero-order valence-corrected chi connectivity index (χ0v) is 16.5. The predicted octanol–water partition coefficient (Wildman–Crippen LogP) is 4.28. The summed E-state index contributed by atoms with van der Waals surface area (Å²) in [5.41, 5.74) is 2.34. The number of likely N-dealkylation sites (tertiary alicyclic amines) is 1. The summed E-state index contributed by atoms with van der Waals surface area (Å²) in [4.78, 5) is 14.9. The van der Waals surface area contributed by atoms with Crippen LogP contribution in [0.15, 0.2) is 29.8 Å². The molecule has 4 rings (SSSR count). The highest BCUT2D eigenvalue weighted by atomic mass is 16.7. The van der Waals surface area contributed by atoms with Crippen molar-refractivity contribution in [3.63, 3.8) is 0 Å². The summed E-state index contributed by atoms with van der Waals surface area (Å²) >= 11 is 0. The van der Waals surface area contributed by atoms with Gasteiger partial charge in [0.25, 0.3) is 0 Å². The number of nitrogens with zero attached hydrogens (tertiary/aromatic N) is 1. The summed E-state index contributed by atoms with van der Waals surface area (Å²) < 4.78 is 10.7. The van der Waals surface area contributed by atoms with Crippen LogP contribution in [0.5, 0.6) is 11.5 Å². The van der Waals surface area contributed by atoms with E-state index < -0.39 is 0 Å². The number of benzene rings is 1. The molecule has 1 saturated heterocycles. The van der Waals surface area contributed by atoms with Crippen molar-refractivity contribution in [3.8, 4) is 11.5 Å². The molecular weight excluding hydrogens is 354 g/mol. The third-order valence-electron chi connectivity index (χ3n) is 5.86. The summed E-state index contributed by atoms with van der Waals surface area (Å²) in [6.07, 6.45) is 12.4. The topological polar surface area (TPSA) is 62.8 Å². The van der Waals surface area contributed by atoms with Gasteiger partial charge in [-0.2, -0.15) is 0 Å². The van der Waals surface area contributed by atoms with Gasteiger partial charge in [-0.15, -0.1) is 0 Å². The van der Waals surface area contributed by atoms with E-state index in [0.717, 1.165) is 43.9 Å². The molecule has 2 N–H and O–H groups in total. The first kappa shape index (κ1) is 19.1. The predicted molar refractivity (Wildman–Crippen MR) is 110 cm³/mol. The summed E-state index contributed by atoms with van der Waals surface area (Å²) in [6.45, 7) is 3.44. The third-order valence-corrected chi connectivity index (χ3v) is 5.86. The highest BCUT2D eigenvalue weighted by molar-refractivity contribution is 5.89. The van der Waals surface area contributed by atoms with Crippen LogP contribution < -0.4 is 20.1 Å². The van der Waals surface area contributed by atoms with Crippen molar-refractivity contribution in [3.05, 3.63) is 29.8 Å². The van der Waals surface area contributed by atoms with Crippen LogP contribution in [0.3, 0.4) is 0 Å². The molecule has 1 aromatic rings. The van der Waals surface area contributed by atoms with Gasteiger partial charge in [0.15, 0.2) is 11.5 Å². The molecule has 0 aromatic heterocycles. The lowest BCUT2D eigenvalue weighted by molar-refractivity contribution is 0.174. The molecule has 1 fully saturated rings. The molecule has 0 spiro atoms. The van der Waals surface area contributed by atoms with Crippen molar-refractivity contribution in [2.75, 3.05) is 31.7 Å². The molecule has 0 unspecified atom stereocenters. The minimum Gasteiger partial charge on any atom is -0.454 e. The van der Waals surface area contributed by atoms with E-state index in [1.165, 1.54) is 38.5 Å². The molecule has 1 aliphatic carbocycles. The van der Waals surface area contributed by atoms with E-state index >= 15 is 0 Å². The third kappa shape index (κ3) is 5.19. The number of hydrogen-bond acceptors (Lipinski definition) is 4. The quantitative estimate of drug-likeness (QED) is 0.760. The van der Waals surface area contributed by atoms with Gasteiger partial charge in [0.2, 0.25) is 6.79 Å². The molecular formula is C22H31N3O3. The van der Waals surface area contributed by atoms with Gasteiger partial charge in [-0.1, -0.05) is 24.5 Å². The van der Waals surface area contributed by atoms with E-state index in [1.54, 1.807) is 11.6 Å². The van der Waals surface area contributed by atoms with Crippen LogP contribution in [0.1, 0.15) is 51.4 Å². The van der Waals surface area contributed by atoms with Crippen LogP contribution in [0.25, 0.3) is 0 Å². The van der Waals surface area contributed by atoms with Crippen molar-refractivity contribution < 1.29 is 14.3 Å². The van der Waals surface area contributed by atoms with Crippen LogP contribution in [-0.2, 0) is 0 Å². The van der Waals surface area contributed by atoms with Gasteiger partial charge in [0.1, 0.15) is 0 Å². The fourth-order valence-corrected chi connectivity index (χ4v) is 4.25. The number of rotatable bonds is 4. The first-order valence-corrected chi connectivity index (χ1v) is 10.6. The van der Waals surface area contributed by atoms with E-state index in [9.17, 15) is 4.79 Å². The molecule has 3 aliphatic rings. The second-order valence-corrected chi connectivity index (χ2v) is 8.03. The number of piperidine rings is 1. The Bertz CT molecular complexity index is 711. The van der Waals surface area contributed by atoms with Crippen LogP contribution >= 0.6 is 0 Å². The molecule has 28 heavy (non-hydrogen) atoms. The van der Waals surface area contributed by atoms with Gasteiger partial charge in [0.05, 0.1) is 0 Å². The van der Waals surface area contributed by atoms with E-state index in [-0.39, 0.29) is 18.9 Å². The Labute approximate surface area is 167 Å². The second-order valence-electron chi connectivity index (χ2n) is 8.03. The SMILES string of the molecule is O=C(Nc1ccc2c(c1)OCO2)NC1CCN(C/C2=C/CCCCCC2)CC1. The Morgan fingerprint density at radius 3 is 2.79 bits per heavy atom. The molecule has 0 atom stereocenters.